The molecule has 1 heterocycles. The van der Waals surface area contributed by atoms with Crippen LogP contribution in [-0.2, 0) is 11.2 Å². The van der Waals surface area contributed by atoms with Gasteiger partial charge in [0.25, 0.3) is 0 Å². The van der Waals surface area contributed by atoms with Crippen molar-refractivity contribution in [3.8, 4) is 0 Å². The van der Waals surface area contributed by atoms with E-state index >= 15 is 0 Å². The van der Waals surface area contributed by atoms with Gasteiger partial charge in [0.1, 0.15) is 0 Å². The van der Waals surface area contributed by atoms with Crippen molar-refractivity contribution in [3.63, 3.8) is 0 Å². The van der Waals surface area contributed by atoms with Gasteiger partial charge in [0.05, 0.1) is 0 Å². The molecule has 1 aliphatic heterocycles. The van der Waals surface area contributed by atoms with Gasteiger partial charge in [0.15, 0.2) is 0 Å². The summed E-state index contributed by atoms with van der Waals surface area (Å²) in [6, 6.07) is 8.55. The Morgan fingerprint density at radius 3 is 2.88 bits per heavy atom. The highest BCUT2D eigenvalue weighted by Crippen LogP contribution is 2.27. The Morgan fingerprint density at radius 2 is 2.06 bits per heavy atom. The highest BCUT2D eigenvalue weighted by Gasteiger charge is 2.17. The summed E-state index contributed by atoms with van der Waals surface area (Å²) in [5.74, 6) is -0.684. The van der Waals surface area contributed by atoms with Crippen molar-refractivity contribution in [3.05, 3.63) is 29.8 Å². The molecule has 0 fully saturated rings. The fourth-order valence-corrected chi connectivity index (χ4v) is 2.39. The number of carboxylic acids is 1. The van der Waals surface area contributed by atoms with E-state index in [1.165, 1.54) is 11.3 Å². The molecular formula is C14H19NO2. The molecule has 92 valence electrons. The van der Waals surface area contributed by atoms with Crippen LogP contribution in [0.2, 0.25) is 0 Å². The third kappa shape index (κ3) is 3.22. The number of carbonyl (C=O) groups is 1. The molecule has 0 unspecified atom stereocenters. The molecule has 17 heavy (non-hydrogen) atoms. The zero-order valence-electron chi connectivity index (χ0n) is 10.1. The molecule has 0 atom stereocenters. The Morgan fingerprint density at radius 1 is 1.24 bits per heavy atom. The molecular weight excluding hydrogens is 214 g/mol. The van der Waals surface area contributed by atoms with E-state index in [0.717, 1.165) is 38.8 Å². The summed E-state index contributed by atoms with van der Waals surface area (Å²) in [7, 11) is 0. The second-order valence-electron chi connectivity index (χ2n) is 4.57. The zero-order valence-corrected chi connectivity index (χ0v) is 10.1. The van der Waals surface area contributed by atoms with Crippen LogP contribution in [-0.4, -0.2) is 24.2 Å². The van der Waals surface area contributed by atoms with Gasteiger partial charge in [0, 0.05) is 25.2 Å². The minimum absolute atomic E-state index is 0.302. The molecule has 0 bridgehead atoms. The summed E-state index contributed by atoms with van der Waals surface area (Å²) >= 11 is 0. The Labute approximate surface area is 102 Å². The number of hydrogen-bond donors (Lipinski definition) is 1. The first-order valence-corrected chi connectivity index (χ1v) is 6.32. The lowest BCUT2D eigenvalue weighted by Crippen LogP contribution is -2.21. The molecule has 0 spiro atoms. The molecule has 1 aromatic carbocycles. The van der Waals surface area contributed by atoms with Gasteiger partial charge < -0.3 is 10.0 Å². The summed E-state index contributed by atoms with van der Waals surface area (Å²) in [6.07, 6.45) is 4.33. The molecule has 0 aliphatic carbocycles. The number of nitrogens with zero attached hydrogens (tertiary/aromatic N) is 1. The van der Waals surface area contributed by atoms with Gasteiger partial charge >= 0.3 is 5.97 Å². The van der Waals surface area contributed by atoms with Crippen LogP contribution in [0.25, 0.3) is 0 Å². The van der Waals surface area contributed by atoms with Crippen LogP contribution in [0.4, 0.5) is 5.69 Å². The molecule has 2 rings (SSSR count). The number of fused-ring (bicyclic) bond motifs is 1. The molecule has 0 saturated carbocycles. The molecule has 3 nitrogen and oxygen atoms in total. The van der Waals surface area contributed by atoms with E-state index in [-0.39, 0.29) is 0 Å². The number of unbranched alkanes of at least 4 members (excludes halogenated alkanes) is 2. The Hall–Kier alpha value is -1.51. The minimum atomic E-state index is -0.684. The van der Waals surface area contributed by atoms with Gasteiger partial charge in [-0.05, 0) is 30.9 Å². The van der Waals surface area contributed by atoms with Crippen LogP contribution in [0.5, 0.6) is 0 Å². The number of rotatable bonds is 6. The normalized spacial score (nSPS) is 13.8. The van der Waals surface area contributed by atoms with Crippen LogP contribution >= 0.6 is 0 Å². The van der Waals surface area contributed by atoms with Crippen LogP contribution in [0.3, 0.4) is 0 Å². The van der Waals surface area contributed by atoms with E-state index in [9.17, 15) is 4.79 Å². The maximum atomic E-state index is 10.4. The molecule has 0 aromatic heterocycles. The average molecular weight is 233 g/mol. The van der Waals surface area contributed by atoms with Gasteiger partial charge in [0.2, 0.25) is 0 Å². The van der Waals surface area contributed by atoms with Gasteiger partial charge in [-0.1, -0.05) is 24.6 Å². The first kappa shape index (κ1) is 12.0. The van der Waals surface area contributed by atoms with Crippen molar-refractivity contribution in [2.24, 2.45) is 0 Å². The van der Waals surface area contributed by atoms with Crippen molar-refractivity contribution in [2.45, 2.75) is 32.1 Å². The van der Waals surface area contributed by atoms with Gasteiger partial charge in [-0.15, -0.1) is 0 Å². The molecule has 0 radical (unpaired) electrons. The highest BCUT2D eigenvalue weighted by molar-refractivity contribution is 5.66. The largest absolute Gasteiger partial charge is 0.481 e. The number of para-hydroxylation sites is 1. The predicted octanol–water partition coefficient (Wildman–Crippen LogP) is 2.69. The lowest BCUT2D eigenvalue weighted by molar-refractivity contribution is -0.137. The monoisotopic (exact) mass is 233 g/mol. The van der Waals surface area contributed by atoms with Crippen LogP contribution < -0.4 is 4.90 Å². The van der Waals surface area contributed by atoms with Gasteiger partial charge in [-0.25, -0.2) is 0 Å². The van der Waals surface area contributed by atoms with E-state index in [4.69, 9.17) is 5.11 Å². The lowest BCUT2D eigenvalue weighted by Gasteiger charge is -2.18. The van der Waals surface area contributed by atoms with E-state index in [1.54, 1.807) is 0 Å². The second-order valence-corrected chi connectivity index (χ2v) is 4.57. The standard InChI is InChI=1S/C14H19NO2/c16-14(17)8-2-1-5-10-15-11-9-12-6-3-4-7-13(12)15/h3-4,6-7H,1-2,5,8-11H2,(H,16,17). The summed E-state index contributed by atoms with van der Waals surface area (Å²) in [4.78, 5) is 12.8. The van der Waals surface area contributed by atoms with Gasteiger partial charge in [-0.2, -0.15) is 0 Å². The molecule has 1 N–H and O–H groups in total. The number of benzene rings is 1. The smallest absolute Gasteiger partial charge is 0.303 e. The number of anilines is 1. The predicted molar refractivity (Wildman–Crippen MR) is 68.5 cm³/mol. The Kier molecular flexibility index (Phi) is 4.02. The SMILES string of the molecule is O=C(O)CCCCCN1CCc2ccccc21. The first-order valence-electron chi connectivity index (χ1n) is 6.32. The summed E-state index contributed by atoms with van der Waals surface area (Å²) in [5, 5.41) is 8.54. The van der Waals surface area contributed by atoms with E-state index in [1.807, 2.05) is 0 Å². The summed E-state index contributed by atoms with van der Waals surface area (Å²) < 4.78 is 0. The van der Waals surface area contributed by atoms with Crippen molar-refractivity contribution in [2.75, 3.05) is 18.0 Å². The fourth-order valence-electron chi connectivity index (χ4n) is 2.39. The average Bonchev–Trinajstić information content (AvgIpc) is 2.72. The van der Waals surface area contributed by atoms with Crippen molar-refractivity contribution >= 4 is 11.7 Å². The van der Waals surface area contributed by atoms with Crippen molar-refractivity contribution in [1.82, 2.24) is 0 Å². The molecule has 1 aromatic rings. The number of hydrogen-bond acceptors (Lipinski definition) is 2. The maximum Gasteiger partial charge on any atom is 0.303 e. The molecule has 0 amide bonds. The Balaban J connectivity index is 1.73. The first-order chi connectivity index (χ1) is 8.27. The molecule has 0 saturated heterocycles. The summed E-state index contributed by atoms with van der Waals surface area (Å²) in [5.41, 5.74) is 2.81. The maximum absolute atomic E-state index is 10.4. The van der Waals surface area contributed by atoms with Crippen LogP contribution in [0.15, 0.2) is 24.3 Å². The van der Waals surface area contributed by atoms with E-state index in [0.29, 0.717) is 6.42 Å². The molecule has 3 heteroatoms. The minimum Gasteiger partial charge on any atom is -0.481 e. The third-order valence-corrected chi connectivity index (χ3v) is 3.30. The Bertz CT molecular complexity index is 390. The third-order valence-electron chi connectivity index (χ3n) is 3.30. The second kappa shape index (κ2) is 5.71. The molecule has 1 aliphatic rings. The van der Waals surface area contributed by atoms with E-state index in [2.05, 4.69) is 29.2 Å². The number of carboxylic acid groups (broad SMARTS) is 1. The van der Waals surface area contributed by atoms with Gasteiger partial charge in [-0.3, -0.25) is 4.79 Å². The van der Waals surface area contributed by atoms with E-state index < -0.39 is 5.97 Å². The zero-order chi connectivity index (χ0) is 12.1. The number of aliphatic carboxylic acids is 1. The van der Waals surface area contributed by atoms with Crippen molar-refractivity contribution < 1.29 is 9.90 Å². The fraction of sp³-hybridized carbons (Fsp3) is 0.500. The van der Waals surface area contributed by atoms with Crippen molar-refractivity contribution in [1.29, 1.82) is 0 Å². The summed E-state index contributed by atoms with van der Waals surface area (Å²) in [6.45, 7) is 2.16. The quantitative estimate of drug-likeness (QED) is 0.768. The lowest BCUT2D eigenvalue weighted by atomic mass is 10.1. The van der Waals surface area contributed by atoms with Crippen LogP contribution in [0, 0.1) is 0 Å². The van der Waals surface area contributed by atoms with Crippen LogP contribution in [0.1, 0.15) is 31.2 Å². The highest BCUT2D eigenvalue weighted by atomic mass is 16.4. The topological polar surface area (TPSA) is 40.5 Å².